The highest BCUT2D eigenvalue weighted by atomic mass is 19.4. The Bertz CT molecular complexity index is 1730. The molecule has 0 saturated heterocycles. The van der Waals surface area contributed by atoms with Gasteiger partial charge in [0.05, 0.1) is 16.8 Å². The van der Waals surface area contributed by atoms with Crippen molar-refractivity contribution < 1.29 is 22.5 Å². The van der Waals surface area contributed by atoms with Crippen LogP contribution in [0.25, 0.3) is 27.9 Å². The predicted molar refractivity (Wildman–Crippen MR) is 131 cm³/mol. The van der Waals surface area contributed by atoms with Crippen LogP contribution in [-0.2, 0) is 5.41 Å². The number of aromatic nitrogens is 6. The molecule has 5 aromatic heterocycles. The Labute approximate surface area is 211 Å². The van der Waals surface area contributed by atoms with Crippen molar-refractivity contribution in [2.45, 2.75) is 43.3 Å². The molecule has 194 valence electrons. The number of nitrogens with one attached hydrogen (secondary N) is 2. The number of hydrogen-bond donors (Lipinski definition) is 3. The van der Waals surface area contributed by atoms with Crippen molar-refractivity contribution in [3.05, 3.63) is 48.9 Å². The van der Waals surface area contributed by atoms with Gasteiger partial charge in [0.1, 0.15) is 23.2 Å². The van der Waals surface area contributed by atoms with Crippen LogP contribution in [0, 0.1) is 0 Å². The minimum atomic E-state index is -4.44. The van der Waals surface area contributed by atoms with Gasteiger partial charge in [-0.1, -0.05) is 5.16 Å². The number of hydrogen-bond acceptors (Lipinski definition) is 7. The Hall–Kier alpha value is -4.62. The van der Waals surface area contributed by atoms with E-state index in [1.165, 1.54) is 6.33 Å². The topological polar surface area (TPSA) is 141 Å². The zero-order chi connectivity index (χ0) is 26.2. The Morgan fingerprint density at radius 2 is 1.95 bits per heavy atom. The molecule has 0 aromatic carbocycles. The lowest BCUT2D eigenvalue weighted by molar-refractivity contribution is -0.165. The molecular formula is C24H20F3N9O2. The second-order valence-corrected chi connectivity index (χ2v) is 9.63. The molecule has 0 aliphatic heterocycles. The van der Waals surface area contributed by atoms with E-state index in [4.69, 9.17) is 10.3 Å². The van der Waals surface area contributed by atoms with Crippen LogP contribution in [0.4, 0.5) is 35.3 Å². The van der Waals surface area contributed by atoms with Crippen LogP contribution in [0.5, 0.6) is 0 Å². The van der Waals surface area contributed by atoms with Crippen molar-refractivity contribution in [3.8, 4) is 11.3 Å². The fourth-order valence-electron chi connectivity index (χ4n) is 4.89. The maximum atomic E-state index is 13.4. The molecule has 2 aliphatic carbocycles. The summed E-state index contributed by atoms with van der Waals surface area (Å²) in [5.41, 5.74) is 7.42. The third-order valence-corrected chi connectivity index (χ3v) is 7.17. The van der Waals surface area contributed by atoms with Gasteiger partial charge in [-0.05, 0) is 37.8 Å². The van der Waals surface area contributed by atoms with Crippen molar-refractivity contribution in [1.82, 2.24) is 29.1 Å². The lowest BCUT2D eigenvalue weighted by atomic mass is 10.0. The molecule has 0 atom stereocenters. The number of carbonyl (C=O) groups is 1. The number of fused-ring (bicyclic) bond motifs is 2. The Morgan fingerprint density at radius 1 is 1.13 bits per heavy atom. The molecule has 4 N–H and O–H groups in total. The number of nitrogens with two attached hydrogens (primary N) is 1. The van der Waals surface area contributed by atoms with Gasteiger partial charge in [-0.3, -0.25) is 9.72 Å². The number of rotatable bonds is 5. The molecule has 0 radical (unpaired) electrons. The van der Waals surface area contributed by atoms with Crippen molar-refractivity contribution in [1.29, 1.82) is 0 Å². The zero-order valence-corrected chi connectivity index (χ0v) is 19.7. The van der Waals surface area contributed by atoms with E-state index >= 15 is 0 Å². The number of pyridine rings is 1. The molecule has 0 bridgehead atoms. The second-order valence-electron chi connectivity index (χ2n) is 9.63. The highest BCUT2D eigenvalue weighted by Gasteiger charge is 2.66. The summed E-state index contributed by atoms with van der Waals surface area (Å²) >= 11 is 0. The number of carbonyl (C=O) groups excluding carboxylic acids is 1. The van der Waals surface area contributed by atoms with E-state index in [1.807, 2.05) is 16.7 Å². The third-order valence-electron chi connectivity index (χ3n) is 7.17. The number of anilines is 3. The van der Waals surface area contributed by atoms with Crippen LogP contribution in [0.3, 0.4) is 0 Å². The summed E-state index contributed by atoms with van der Waals surface area (Å²) in [5.74, 6) is -0.0639. The van der Waals surface area contributed by atoms with E-state index in [9.17, 15) is 18.0 Å². The summed E-state index contributed by atoms with van der Waals surface area (Å²) in [6.07, 6.45) is 4.36. The highest BCUT2D eigenvalue weighted by Crippen LogP contribution is 2.59. The summed E-state index contributed by atoms with van der Waals surface area (Å²) < 4.78 is 48.9. The van der Waals surface area contributed by atoms with Gasteiger partial charge in [-0.15, -0.1) is 0 Å². The van der Waals surface area contributed by atoms with Crippen LogP contribution in [0.1, 0.15) is 37.5 Å². The van der Waals surface area contributed by atoms with E-state index < -0.39 is 17.6 Å². The molecule has 11 nitrogen and oxygen atoms in total. The summed E-state index contributed by atoms with van der Waals surface area (Å²) in [6.45, 7) is 0. The molecule has 0 spiro atoms. The Balaban J connectivity index is 1.18. The molecule has 2 saturated carbocycles. The van der Waals surface area contributed by atoms with Crippen LogP contribution in [0.2, 0.25) is 0 Å². The zero-order valence-electron chi connectivity index (χ0n) is 19.7. The average Bonchev–Trinajstić information content (AvgIpc) is 3.74. The fraction of sp³-hybridized carbons (Fsp3) is 0.292. The average molecular weight is 523 g/mol. The van der Waals surface area contributed by atoms with Gasteiger partial charge in [0.2, 0.25) is 0 Å². The quantitative estimate of drug-likeness (QED) is 0.298. The van der Waals surface area contributed by atoms with E-state index in [-0.39, 0.29) is 24.4 Å². The van der Waals surface area contributed by atoms with E-state index in [0.29, 0.717) is 23.2 Å². The van der Waals surface area contributed by atoms with Crippen molar-refractivity contribution in [3.63, 3.8) is 0 Å². The van der Waals surface area contributed by atoms with Gasteiger partial charge < -0.3 is 20.1 Å². The summed E-state index contributed by atoms with van der Waals surface area (Å²) in [7, 11) is 0. The van der Waals surface area contributed by atoms with E-state index in [0.717, 1.165) is 41.2 Å². The molecule has 0 unspecified atom stereocenters. The maximum Gasteiger partial charge on any atom is 0.401 e. The van der Waals surface area contributed by atoms with Crippen LogP contribution in [-0.4, -0.2) is 41.3 Å². The molecule has 38 heavy (non-hydrogen) atoms. The molecular weight excluding hydrogens is 503 g/mol. The lowest BCUT2D eigenvalue weighted by Gasteiger charge is -2.15. The van der Waals surface area contributed by atoms with Crippen molar-refractivity contribution >= 4 is 40.0 Å². The molecule has 14 heteroatoms. The highest BCUT2D eigenvalue weighted by molar-refractivity contribution is 6.03. The first-order chi connectivity index (χ1) is 18.2. The normalized spacial score (nSPS) is 16.7. The first-order valence-electron chi connectivity index (χ1n) is 11.9. The Morgan fingerprint density at radius 3 is 2.68 bits per heavy atom. The number of nitrogen functional groups attached to an aromatic ring is 1. The molecule has 7 rings (SSSR count). The number of imidazole rings is 1. The van der Waals surface area contributed by atoms with Crippen molar-refractivity contribution in [2.75, 3.05) is 16.4 Å². The molecule has 2 amide bonds. The lowest BCUT2D eigenvalue weighted by Crippen LogP contribution is -2.28. The first-order valence-corrected chi connectivity index (χ1v) is 11.9. The molecule has 5 aromatic rings. The van der Waals surface area contributed by atoms with Crippen LogP contribution >= 0.6 is 0 Å². The van der Waals surface area contributed by atoms with E-state index in [2.05, 4.69) is 35.3 Å². The molecule has 2 fully saturated rings. The number of alkyl halides is 3. The minimum absolute atomic E-state index is 0.0708. The minimum Gasteiger partial charge on any atom is -0.383 e. The number of amides is 2. The summed E-state index contributed by atoms with van der Waals surface area (Å²) in [4.78, 5) is 25.7. The van der Waals surface area contributed by atoms with Crippen molar-refractivity contribution in [2.24, 2.45) is 0 Å². The molecule has 2 aliphatic rings. The summed E-state index contributed by atoms with van der Waals surface area (Å²) in [5, 5.41) is 9.43. The number of urea groups is 1. The van der Waals surface area contributed by atoms with Gasteiger partial charge >= 0.3 is 12.2 Å². The van der Waals surface area contributed by atoms with Crippen LogP contribution < -0.4 is 16.4 Å². The Kier molecular flexibility index (Phi) is 4.57. The predicted octanol–water partition coefficient (Wildman–Crippen LogP) is 4.89. The number of halogens is 3. The largest absolute Gasteiger partial charge is 0.401 e. The molecule has 5 heterocycles. The smallest absolute Gasteiger partial charge is 0.383 e. The van der Waals surface area contributed by atoms with Gasteiger partial charge in [-0.25, -0.2) is 19.7 Å². The number of nitrogens with zero attached hydrogens (tertiary/aromatic N) is 6. The standard InChI is InChI=1S/C24H20F3N9O2/c25-24(26,27)23(5-6-23)16-9-17(34-38-16)33-22(37)32-14-3-4-15(35-8-7-29-20(14)35)13-10-36(12-1-2-12)21-18(13)19(28)30-11-31-21/h3-4,7-12H,1-2,5-6H2,(H2,28,30,31)(H2,32,33,34,37). The van der Waals surface area contributed by atoms with Gasteiger partial charge in [0, 0.05) is 36.3 Å². The summed E-state index contributed by atoms with van der Waals surface area (Å²) in [6, 6.07) is 4.27. The van der Waals surface area contributed by atoms with E-state index in [1.54, 1.807) is 18.5 Å². The fourth-order valence-corrected chi connectivity index (χ4v) is 4.89. The van der Waals surface area contributed by atoms with Gasteiger partial charge in [0.25, 0.3) is 0 Å². The third kappa shape index (κ3) is 3.39. The monoisotopic (exact) mass is 523 g/mol. The SMILES string of the molecule is Nc1ncnc2c1c(-c1ccc(NC(=O)Nc3cc(C4(C(F)(F)F)CC4)on3)c3nccn13)cn2C1CC1. The maximum absolute atomic E-state index is 13.4. The van der Waals surface area contributed by atoms with Gasteiger partial charge in [-0.2, -0.15) is 13.2 Å². The second kappa shape index (κ2) is 7.69. The van der Waals surface area contributed by atoms with Gasteiger partial charge in [0.15, 0.2) is 17.2 Å². The van der Waals surface area contributed by atoms with Crippen LogP contribution in [0.15, 0.2) is 47.6 Å². The first kappa shape index (κ1) is 22.6.